The molecule has 2 aromatic carbocycles. The lowest BCUT2D eigenvalue weighted by Gasteiger charge is -2.31. The second kappa shape index (κ2) is 6.24. The molecule has 4 nitrogen and oxygen atoms in total. The molecule has 2 atom stereocenters. The van der Waals surface area contributed by atoms with E-state index in [9.17, 15) is 9.59 Å². The van der Waals surface area contributed by atoms with Crippen LogP contribution < -0.4 is 0 Å². The molecule has 0 aliphatic carbocycles. The van der Waals surface area contributed by atoms with Crippen LogP contribution in [-0.4, -0.2) is 29.9 Å². The van der Waals surface area contributed by atoms with Gasteiger partial charge in [0.05, 0.1) is 11.6 Å². The van der Waals surface area contributed by atoms with Crippen LogP contribution in [-0.2, 0) is 16.0 Å². The van der Waals surface area contributed by atoms with Crippen LogP contribution in [0.25, 0.3) is 0 Å². The van der Waals surface area contributed by atoms with Gasteiger partial charge in [-0.1, -0.05) is 48.5 Å². The average Bonchev–Trinajstić information content (AvgIpc) is 2.60. The first-order chi connectivity index (χ1) is 11.1. The third-order valence-corrected chi connectivity index (χ3v) is 4.38. The van der Waals surface area contributed by atoms with Gasteiger partial charge >= 0.3 is 5.97 Å². The number of nitrogens with zero attached hydrogens (tertiary/aromatic N) is 1. The molecule has 1 aliphatic heterocycles. The van der Waals surface area contributed by atoms with E-state index in [-0.39, 0.29) is 11.9 Å². The Balaban J connectivity index is 1.77. The van der Waals surface area contributed by atoms with Gasteiger partial charge in [-0.2, -0.15) is 0 Å². The monoisotopic (exact) mass is 309 g/mol. The van der Waals surface area contributed by atoms with Crippen LogP contribution in [0.4, 0.5) is 0 Å². The van der Waals surface area contributed by atoms with Crippen LogP contribution in [0.3, 0.4) is 0 Å². The van der Waals surface area contributed by atoms with Gasteiger partial charge in [-0.25, -0.2) is 4.79 Å². The molecule has 1 amide bonds. The summed E-state index contributed by atoms with van der Waals surface area (Å²) in [4.78, 5) is 26.4. The Morgan fingerprint density at radius 3 is 2.52 bits per heavy atom. The van der Waals surface area contributed by atoms with Crippen LogP contribution in [0, 0.1) is 0 Å². The van der Waals surface area contributed by atoms with Gasteiger partial charge in [0, 0.05) is 13.5 Å². The minimum atomic E-state index is -0.756. The third kappa shape index (κ3) is 2.97. The van der Waals surface area contributed by atoms with E-state index in [1.807, 2.05) is 49.4 Å². The Hall–Kier alpha value is -2.62. The van der Waals surface area contributed by atoms with Crippen molar-refractivity contribution >= 4 is 11.9 Å². The first-order valence-electron chi connectivity index (χ1n) is 7.68. The van der Waals surface area contributed by atoms with Gasteiger partial charge < -0.3 is 9.64 Å². The maximum absolute atomic E-state index is 12.7. The van der Waals surface area contributed by atoms with Crippen molar-refractivity contribution in [2.24, 2.45) is 0 Å². The number of hydrogen-bond donors (Lipinski definition) is 0. The molecule has 1 aliphatic rings. The predicted octanol–water partition coefficient (Wildman–Crippen LogP) is 2.99. The lowest BCUT2D eigenvalue weighted by atomic mass is 9.97. The van der Waals surface area contributed by atoms with Crippen LogP contribution in [0.1, 0.15) is 34.5 Å². The molecule has 2 unspecified atom stereocenters. The standard InChI is InChI=1S/C19H19NO3/c1-13(14-8-4-3-5-9-14)20(2)18(21)17-12-15-10-6-7-11-16(15)19(22)23-17/h3-11,13,17H,12H2,1-2H3. The summed E-state index contributed by atoms with van der Waals surface area (Å²) in [5.41, 5.74) is 2.46. The van der Waals surface area contributed by atoms with Crippen molar-refractivity contribution in [3.05, 3.63) is 71.3 Å². The summed E-state index contributed by atoms with van der Waals surface area (Å²) in [6.07, 6.45) is -0.333. The molecule has 0 radical (unpaired) electrons. The summed E-state index contributed by atoms with van der Waals surface area (Å²) < 4.78 is 5.35. The zero-order chi connectivity index (χ0) is 16.4. The second-order valence-electron chi connectivity index (χ2n) is 5.79. The minimum Gasteiger partial charge on any atom is -0.448 e. The zero-order valence-corrected chi connectivity index (χ0v) is 13.2. The van der Waals surface area contributed by atoms with Gasteiger partial charge in [0.15, 0.2) is 6.10 Å². The SMILES string of the molecule is CC(c1ccccc1)N(C)C(=O)C1Cc2ccccc2C(=O)O1. The molecule has 0 spiro atoms. The quantitative estimate of drug-likeness (QED) is 0.819. The average molecular weight is 309 g/mol. The van der Waals surface area contributed by atoms with E-state index in [1.54, 1.807) is 24.1 Å². The van der Waals surface area contributed by atoms with E-state index in [4.69, 9.17) is 4.74 Å². The Bertz CT molecular complexity index is 726. The number of hydrogen-bond acceptors (Lipinski definition) is 3. The lowest BCUT2D eigenvalue weighted by Crippen LogP contribution is -2.43. The third-order valence-electron chi connectivity index (χ3n) is 4.38. The molecule has 0 saturated heterocycles. The zero-order valence-electron chi connectivity index (χ0n) is 13.2. The highest BCUT2D eigenvalue weighted by molar-refractivity contribution is 5.95. The smallest absolute Gasteiger partial charge is 0.339 e. The molecule has 0 bridgehead atoms. The van der Waals surface area contributed by atoms with Gasteiger partial charge in [0.25, 0.3) is 5.91 Å². The van der Waals surface area contributed by atoms with Crippen molar-refractivity contribution < 1.29 is 14.3 Å². The number of esters is 1. The summed E-state index contributed by atoms with van der Waals surface area (Å²) in [5, 5.41) is 0. The van der Waals surface area contributed by atoms with Crippen molar-refractivity contribution in [1.82, 2.24) is 4.90 Å². The van der Waals surface area contributed by atoms with Crippen LogP contribution in [0.5, 0.6) is 0 Å². The van der Waals surface area contributed by atoms with Gasteiger partial charge in [-0.15, -0.1) is 0 Å². The fourth-order valence-electron chi connectivity index (χ4n) is 2.84. The highest BCUT2D eigenvalue weighted by Crippen LogP contribution is 2.24. The summed E-state index contributed by atoms with van der Waals surface area (Å²) in [7, 11) is 1.74. The Labute approximate surface area is 135 Å². The van der Waals surface area contributed by atoms with Gasteiger partial charge in [0.1, 0.15) is 0 Å². The molecule has 0 N–H and O–H groups in total. The molecular weight excluding hydrogens is 290 g/mol. The van der Waals surface area contributed by atoms with Crippen LogP contribution >= 0.6 is 0 Å². The molecule has 118 valence electrons. The van der Waals surface area contributed by atoms with E-state index in [0.717, 1.165) is 11.1 Å². The maximum atomic E-state index is 12.7. The molecule has 2 aromatic rings. The number of cyclic esters (lactones) is 1. The molecular formula is C19H19NO3. The largest absolute Gasteiger partial charge is 0.448 e. The lowest BCUT2D eigenvalue weighted by molar-refractivity contribution is -0.141. The van der Waals surface area contributed by atoms with Gasteiger partial charge in [0.2, 0.25) is 0 Å². The number of amides is 1. The molecule has 0 aromatic heterocycles. The number of likely N-dealkylation sites (N-methyl/N-ethyl adjacent to an activating group) is 1. The number of carbonyl (C=O) groups is 2. The van der Waals surface area contributed by atoms with Crippen LogP contribution in [0.15, 0.2) is 54.6 Å². The summed E-state index contributed by atoms with van der Waals surface area (Å²) in [6, 6.07) is 17.0. The fourth-order valence-corrected chi connectivity index (χ4v) is 2.84. The van der Waals surface area contributed by atoms with E-state index in [0.29, 0.717) is 12.0 Å². The Morgan fingerprint density at radius 1 is 1.13 bits per heavy atom. The number of rotatable bonds is 3. The molecule has 0 saturated carbocycles. The van der Waals surface area contributed by atoms with Crippen molar-refractivity contribution in [2.45, 2.75) is 25.5 Å². The molecule has 0 fully saturated rings. The van der Waals surface area contributed by atoms with Gasteiger partial charge in [-0.3, -0.25) is 4.79 Å². The first-order valence-corrected chi connectivity index (χ1v) is 7.68. The van der Waals surface area contributed by atoms with E-state index in [2.05, 4.69) is 0 Å². The van der Waals surface area contributed by atoms with Crippen molar-refractivity contribution in [3.63, 3.8) is 0 Å². The maximum Gasteiger partial charge on any atom is 0.339 e. The van der Waals surface area contributed by atoms with E-state index >= 15 is 0 Å². The molecule has 23 heavy (non-hydrogen) atoms. The van der Waals surface area contributed by atoms with Crippen molar-refractivity contribution in [3.8, 4) is 0 Å². The Morgan fingerprint density at radius 2 is 1.78 bits per heavy atom. The summed E-state index contributed by atoms with van der Waals surface area (Å²) in [5.74, 6) is -0.602. The molecule has 3 rings (SSSR count). The number of fused-ring (bicyclic) bond motifs is 1. The fraction of sp³-hybridized carbons (Fsp3) is 0.263. The molecule has 1 heterocycles. The normalized spacial score (nSPS) is 17.8. The molecule has 4 heteroatoms. The van der Waals surface area contributed by atoms with E-state index in [1.165, 1.54) is 0 Å². The predicted molar refractivity (Wildman–Crippen MR) is 87.0 cm³/mol. The van der Waals surface area contributed by atoms with Crippen molar-refractivity contribution in [2.75, 3.05) is 7.05 Å². The number of ether oxygens (including phenoxy) is 1. The first kappa shape index (κ1) is 15.3. The van der Waals surface area contributed by atoms with Gasteiger partial charge in [-0.05, 0) is 24.1 Å². The highest BCUT2D eigenvalue weighted by atomic mass is 16.5. The number of benzene rings is 2. The topological polar surface area (TPSA) is 46.6 Å². The second-order valence-corrected chi connectivity index (χ2v) is 5.79. The summed E-state index contributed by atoms with van der Waals surface area (Å²) in [6.45, 7) is 1.96. The Kier molecular flexibility index (Phi) is 4.15. The van der Waals surface area contributed by atoms with Crippen LogP contribution in [0.2, 0.25) is 0 Å². The number of carbonyl (C=O) groups excluding carboxylic acids is 2. The van der Waals surface area contributed by atoms with E-state index < -0.39 is 12.1 Å². The van der Waals surface area contributed by atoms with Crippen molar-refractivity contribution in [1.29, 1.82) is 0 Å². The minimum absolute atomic E-state index is 0.0837. The highest BCUT2D eigenvalue weighted by Gasteiger charge is 2.34. The summed E-state index contributed by atoms with van der Waals surface area (Å²) >= 11 is 0.